The monoisotopic (exact) mass is 349 g/mol. The van der Waals surface area contributed by atoms with Gasteiger partial charge in [0.1, 0.15) is 10.5 Å². The van der Waals surface area contributed by atoms with Crippen LogP contribution in [0, 0.1) is 0 Å². The number of ether oxygens (including phenoxy) is 1. The maximum Gasteiger partial charge on any atom is 0.332 e. The Morgan fingerprint density at radius 1 is 1.58 bits per heavy atom. The van der Waals surface area contributed by atoms with Crippen LogP contribution in [0.25, 0.3) is 11.6 Å². The average Bonchev–Trinajstić information content (AvgIpc) is 3.00. The number of hydrogen-bond donors (Lipinski definition) is 1. The SMILES string of the molecule is C=CC[C@H](N[S+]([O-])C(C)(C)C)C(=O)OC=C1CC=Cc2occc21. The van der Waals surface area contributed by atoms with Gasteiger partial charge in [-0.15, -0.1) is 11.3 Å². The zero-order valence-corrected chi connectivity index (χ0v) is 15.0. The maximum atomic E-state index is 12.3. The van der Waals surface area contributed by atoms with Crippen molar-refractivity contribution in [2.24, 2.45) is 0 Å². The zero-order valence-electron chi connectivity index (χ0n) is 14.2. The van der Waals surface area contributed by atoms with Crippen LogP contribution in [0.4, 0.5) is 0 Å². The highest BCUT2D eigenvalue weighted by atomic mass is 32.2. The Morgan fingerprint density at radius 3 is 3.00 bits per heavy atom. The van der Waals surface area contributed by atoms with Gasteiger partial charge < -0.3 is 13.7 Å². The van der Waals surface area contributed by atoms with Gasteiger partial charge in [0.15, 0.2) is 6.04 Å². The molecule has 130 valence electrons. The number of hydrogen-bond acceptors (Lipinski definition) is 5. The predicted octanol–water partition coefficient (Wildman–Crippen LogP) is 3.58. The number of esters is 1. The molecule has 0 bridgehead atoms. The van der Waals surface area contributed by atoms with E-state index in [-0.39, 0.29) is 0 Å². The maximum absolute atomic E-state index is 12.3. The molecule has 0 saturated carbocycles. The number of rotatable bonds is 6. The van der Waals surface area contributed by atoms with Crippen molar-refractivity contribution in [3.63, 3.8) is 0 Å². The normalized spacial score (nSPS) is 18.1. The van der Waals surface area contributed by atoms with Crippen molar-refractivity contribution in [3.05, 3.63) is 48.6 Å². The van der Waals surface area contributed by atoms with Gasteiger partial charge in [-0.25, -0.2) is 4.79 Å². The highest BCUT2D eigenvalue weighted by molar-refractivity contribution is 7.90. The Balaban J connectivity index is 2.05. The van der Waals surface area contributed by atoms with Gasteiger partial charge in [-0.1, -0.05) is 12.2 Å². The van der Waals surface area contributed by atoms with E-state index in [1.807, 2.05) is 39.0 Å². The van der Waals surface area contributed by atoms with E-state index < -0.39 is 28.1 Å². The third kappa shape index (κ3) is 4.63. The molecule has 0 saturated heterocycles. The van der Waals surface area contributed by atoms with Crippen LogP contribution in [-0.4, -0.2) is 21.3 Å². The number of nitrogens with one attached hydrogen (secondary N) is 1. The number of carbonyl (C=O) groups excluding carboxylic acids is 1. The van der Waals surface area contributed by atoms with Crippen LogP contribution in [0.5, 0.6) is 0 Å². The molecule has 1 unspecified atom stereocenters. The molecule has 6 heteroatoms. The average molecular weight is 349 g/mol. The van der Waals surface area contributed by atoms with Crippen LogP contribution < -0.4 is 4.72 Å². The largest absolute Gasteiger partial charge is 0.598 e. The van der Waals surface area contributed by atoms with E-state index in [1.165, 1.54) is 6.26 Å². The summed E-state index contributed by atoms with van der Waals surface area (Å²) in [6, 6.07) is 1.13. The van der Waals surface area contributed by atoms with Gasteiger partial charge in [-0.05, 0) is 45.8 Å². The van der Waals surface area contributed by atoms with Gasteiger partial charge in [0.05, 0.1) is 12.5 Å². The highest BCUT2D eigenvalue weighted by Gasteiger charge is 2.32. The minimum absolute atomic E-state index is 0.334. The summed E-state index contributed by atoms with van der Waals surface area (Å²) in [5.74, 6) is 0.262. The van der Waals surface area contributed by atoms with Gasteiger partial charge in [-0.3, -0.25) is 0 Å². The topological polar surface area (TPSA) is 74.5 Å². The molecule has 1 aromatic rings. The van der Waals surface area contributed by atoms with Crippen molar-refractivity contribution in [2.75, 3.05) is 0 Å². The molecule has 0 aromatic carbocycles. The summed E-state index contributed by atoms with van der Waals surface area (Å²) in [4.78, 5) is 12.3. The molecule has 0 aliphatic heterocycles. The quantitative estimate of drug-likeness (QED) is 0.368. The lowest BCUT2D eigenvalue weighted by atomic mass is 10.00. The predicted molar refractivity (Wildman–Crippen MR) is 96.1 cm³/mol. The first kappa shape index (κ1) is 18.6. The van der Waals surface area contributed by atoms with Crippen LogP contribution in [0.15, 0.2) is 41.7 Å². The first-order valence-electron chi connectivity index (χ1n) is 7.76. The number of allylic oxidation sites excluding steroid dienone is 2. The summed E-state index contributed by atoms with van der Waals surface area (Å²) >= 11 is -1.37. The fourth-order valence-electron chi connectivity index (χ4n) is 2.11. The van der Waals surface area contributed by atoms with Gasteiger partial charge >= 0.3 is 5.97 Å². The molecular weight excluding hydrogens is 326 g/mol. The number of carbonyl (C=O) groups is 1. The third-order valence-corrected chi connectivity index (χ3v) is 5.07. The lowest BCUT2D eigenvalue weighted by molar-refractivity contribution is -0.139. The van der Waals surface area contributed by atoms with Gasteiger partial charge in [0.2, 0.25) is 0 Å². The molecule has 1 heterocycles. The third-order valence-electron chi connectivity index (χ3n) is 3.46. The van der Waals surface area contributed by atoms with E-state index >= 15 is 0 Å². The van der Waals surface area contributed by atoms with Crippen molar-refractivity contribution >= 4 is 29.0 Å². The molecule has 1 aliphatic carbocycles. The highest BCUT2D eigenvalue weighted by Crippen LogP contribution is 2.29. The van der Waals surface area contributed by atoms with E-state index in [4.69, 9.17) is 9.15 Å². The smallest absolute Gasteiger partial charge is 0.332 e. The van der Waals surface area contributed by atoms with Crippen LogP contribution in [0.1, 0.15) is 44.9 Å². The minimum Gasteiger partial charge on any atom is -0.598 e. The Hall–Kier alpha value is -1.76. The fraction of sp³-hybridized carbons (Fsp3) is 0.389. The van der Waals surface area contributed by atoms with E-state index in [0.717, 1.165) is 16.9 Å². The van der Waals surface area contributed by atoms with Crippen molar-refractivity contribution in [2.45, 2.75) is 44.4 Å². The molecule has 0 radical (unpaired) electrons. The van der Waals surface area contributed by atoms with E-state index in [2.05, 4.69) is 11.3 Å². The van der Waals surface area contributed by atoms with Gasteiger partial charge in [0, 0.05) is 22.5 Å². The molecule has 5 nitrogen and oxygen atoms in total. The molecule has 2 atom stereocenters. The Bertz CT molecular complexity index is 654. The second kappa shape index (κ2) is 7.88. The molecular formula is C18H23NO4S. The van der Waals surface area contributed by atoms with E-state index in [0.29, 0.717) is 12.8 Å². The van der Waals surface area contributed by atoms with Crippen LogP contribution in [-0.2, 0) is 20.9 Å². The molecule has 2 rings (SSSR count). The Morgan fingerprint density at radius 2 is 2.33 bits per heavy atom. The summed E-state index contributed by atoms with van der Waals surface area (Å²) < 4.78 is 25.2. The van der Waals surface area contributed by atoms with Crippen LogP contribution >= 0.6 is 0 Å². The summed E-state index contributed by atoms with van der Waals surface area (Å²) in [5, 5.41) is 0. The summed E-state index contributed by atoms with van der Waals surface area (Å²) in [6.07, 6.45) is 9.47. The zero-order chi connectivity index (χ0) is 17.7. The van der Waals surface area contributed by atoms with Crippen LogP contribution in [0.3, 0.4) is 0 Å². The van der Waals surface area contributed by atoms with Gasteiger partial charge in [0.25, 0.3) is 0 Å². The molecule has 0 spiro atoms. The van der Waals surface area contributed by atoms with E-state index in [9.17, 15) is 9.35 Å². The summed E-state index contributed by atoms with van der Waals surface area (Å²) in [6.45, 7) is 9.15. The second-order valence-electron chi connectivity index (χ2n) is 6.46. The van der Waals surface area contributed by atoms with Crippen LogP contribution in [0.2, 0.25) is 0 Å². The lowest BCUT2D eigenvalue weighted by Gasteiger charge is -2.26. The lowest BCUT2D eigenvalue weighted by Crippen LogP contribution is -2.48. The minimum atomic E-state index is -1.37. The molecule has 24 heavy (non-hydrogen) atoms. The second-order valence-corrected chi connectivity index (χ2v) is 8.46. The molecule has 0 fully saturated rings. The summed E-state index contributed by atoms with van der Waals surface area (Å²) in [7, 11) is 0. The molecule has 0 amide bonds. The summed E-state index contributed by atoms with van der Waals surface area (Å²) in [5.41, 5.74) is 1.78. The van der Waals surface area contributed by atoms with Crippen molar-refractivity contribution < 1.29 is 18.5 Å². The molecule has 1 N–H and O–H groups in total. The first-order chi connectivity index (χ1) is 11.3. The van der Waals surface area contributed by atoms with Gasteiger partial charge in [-0.2, -0.15) is 0 Å². The number of furan rings is 1. The molecule has 1 aromatic heterocycles. The van der Waals surface area contributed by atoms with Crippen molar-refractivity contribution in [1.82, 2.24) is 4.72 Å². The molecule has 1 aliphatic rings. The fourth-order valence-corrected chi connectivity index (χ4v) is 2.91. The Kier molecular flexibility index (Phi) is 6.10. The number of fused-ring (bicyclic) bond motifs is 1. The van der Waals surface area contributed by atoms with Crippen molar-refractivity contribution in [3.8, 4) is 0 Å². The van der Waals surface area contributed by atoms with E-state index in [1.54, 1.807) is 12.3 Å². The van der Waals surface area contributed by atoms with Crippen molar-refractivity contribution in [1.29, 1.82) is 0 Å². The Labute approximate surface area is 145 Å². The standard InChI is InChI=1S/C18H23NO4S/c1-5-7-15(19-24(21)18(2,3)4)17(20)23-12-13-8-6-9-16-14(13)10-11-22-16/h5-6,9-12,15,19H,1,7-8H2,2-4H3/t15-,24?/m0/s1. The first-order valence-corrected chi connectivity index (χ1v) is 8.91.